The van der Waals surface area contributed by atoms with Crippen LogP contribution in [0.3, 0.4) is 0 Å². The Morgan fingerprint density at radius 2 is 1.97 bits per heavy atom. The minimum Gasteiger partial charge on any atom is -0.462 e. The van der Waals surface area contributed by atoms with Gasteiger partial charge in [-0.3, -0.25) is 14.0 Å². The minimum atomic E-state index is -0.434. The summed E-state index contributed by atoms with van der Waals surface area (Å²) in [6, 6.07) is 11.2. The number of nitrogens with one attached hydrogen (secondary N) is 2. The molecule has 0 aliphatic heterocycles. The number of ether oxygens (including phenoxy) is 1. The maximum absolute atomic E-state index is 12.9. The number of amides is 1. The molecule has 0 saturated heterocycles. The lowest BCUT2D eigenvalue weighted by Gasteiger charge is -2.06. The van der Waals surface area contributed by atoms with Crippen molar-refractivity contribution in [2.45, 2.75) is 6.92 Å². The number of rotatable bonds is 4. The molecule has 0 radical (unpaired) electrons. The Kier molecular flexibility index (Phi) is 5.42. The monoisotopic (exact) mass is 459 g/mol. The van der Waals surface area contributed by atoms with Crippen LogP contribution in [-0.2, 0) is 4.74 Å². The number of fused-ring (bicyclic) bond motifs is 3. The maximum Gasteiger partial charge on any atom is 0.338 e. The predicted molar refractivity (Wildman–Crippen MR) is 120 cm³/mol. The van der Waals surface area contributed by atoms with Crippen LogP contribution in [0.5, 0.6) is 0 Å². The quantitative estimate of drug-likeness (QED) is 0.342. The Balaban J connectivity index is 1.71. The van der Waals surface area contributed by atoms with Gasteiger partial charge in [0, 0.05) is 10.7 Å². The molecule has 4 aromatic rings. The van der Waals surface area contributed by atoms with Gasteiger partial charge in [-0.05, 0) is 61.6 Å². The summed E-state index contributed by atoms with van der Waals surface area (Å²) in [6.07, 6.45) is 0. The molecule has 0 aliphatic carbocycles. The number of esters is 1. The highest BCUT2D eigenvalue weighted by molar-refractivity contribution is 7.73. The van der Waals surface area contributed by atoms with E-state index in [0.29, 0.717) is 36.8 Å². The number of H-pyrrole nitrogens is 1. The van der Waals surface area contributed by atoms with Crippen molar-refractivity contribution in [1.82, 2.24) is 9.38 Å². The van der Waals surface area contributed by atoms with Gasteiger partial charge in [-0.2, -0.15) is 0 Å². The Labute approximate surface area is 183 Å². The van der Waals surface area contributed by atoms with Crippen molar-refractivity contribution in [2.24, 2.45) is 0 Å². The van der Waals surface area contributed by atoms with Crippen molar-refractivity contribution in [3.8, 4) is 0 Å². The number of halogens is 1. The van der Waals surface area contributed by atoms with Crippen LogP contribution in [0.15, 0.2) is 47.3 Å². The van der Waals surface area contributed by atoms with Gasteiger partial charge in [0.05, 0.1) is 23.1 Å². The molecule has 152 valence electrons. The van der Waals surface area contributed by atoms with Gasteiger partial charge in [0.1, 0.15) is 10.5 Å². The summed E-state index contributed by atoms with van der Waals surface area (Å²) in [5.74, 6) is -0.863. The Bertz CT molecular complexity index is 1420. The molecular weight excluding hydrogens is 446 g/mol. The van der Waals surface area contributed by atoms with Gasteiger partial charge in [0.25, 0.3) is 11.5 Å². The Morgan fingerprint density at radius 3 is 2.67 bits per heavy atom. The molecule has 1 amide bonds. The van der Waals surface area contributed by atoms with E-state index in [2.05, 4.69) is 10.3 Å². The smallest absolute Gasteiger partial charge is 0.338 e. The van der Waals surface area contributed by atoms with Gasteiger partial charge < -0.3 is 15.0 Å². The Hall–Kier alpha value is -3.01. The SMILES string of the molecule is CCOC(=O)c1ccc(NC(=O)c2sc(=S)n3c2[nH]c(=O)c2cc(Cl)ccc23)cc1. The molecule has 7 nitrogen and oxygen atoms in total. The highest BCUT2D eigenvalue weighted by atomic mass is 35.5. The van der Waals surface area contributed by atoms with Crippen LogP contribution >= 0.6 is 35.2 Å². The molecule has 0 aliphatic rings. The van der Waals surface area contributed by atoms with E-state index in [-0.39, 0.29) is 17.0 Å². The van der Waals surface area contributed by atoms with Gasteiger partial charge in [0.15, 0.2) is 3.95 Å². The zero-order valence-corrected chi connectivity index (χ0v) is 17.9. The molecule has 0 atom stereocenters. The third-order valence-corrected chi connectivity index (χ3v) is 5.95. The second-order valence-corrected chi connectivity index (χ2v) is 8.33. The van der Waals surface area contributed by atoms with Crippen molar-refractivity contribution < 1.29 is 14.3 Å². The van der Waals surface area contributed by atoms with Crippen molar-refractivity contribution in [3.63, 3.8) is 0 Å². The molecule has 30 heavy (non-hydrogen) atoms. The van der Waals surface area contributed by atoms with Crippen LogP contribution in [-0.4, -0.2) is 27.9 Å². The molecule has 2 aromatic heterocycles. The number of aromatic nitrogens is 2. The largest absolute Gasteiger partial charge is 0.462 e. The summed E-state index contributed by atoms with van der Waals surface area (Å²) in [7, 11) is 0. The topological polar surface area (TPSA) is 92.7 Å². The lowest BCUT2D eigenvalue weighted by atomic mass is 10.2. The van der Waals surface area contributed by atoms with Crippen molar-refractivity contribution >= 4 is 69.3 Å². The van der Waals surface area contributed by atoms with Crippen LogP contribution in [0.25, 0.3) is 16.6 Å². The predicted octanol–water partition coefficient (Wildman–Crippen LogP) is 4.65. The van der Waals surface area contributed by atoms with Crippen molar-refractivity contribution in [1.29, 1.82) is 0 Å². The molecule has 0 unspecified atom stereocenters. The zero-order valence-electron chi connectivity index (χ0n) is 15.5. The first-order valence-electron chi connectivity index (χ1n) is 8.84. The highest BCUT2D eigenvalue weighted by Crippen LogP contribution is 2.25. The van der Waals surface area contributed by atoms with E-state index in [1.165, 1.54) is 0 Å². The average molecular weight is 460 g/mol. The van der Waals surface area contributed by atoms with E-state index >= 15 is 0 Å². The summed E-state index contributed by atoms with van der Waals surface area (Å²) < 4.78 is 7.00. The highest BCUT2D eigenvalue weighted by Gasteiger charge is 2.18. The minimum absolute atomic E-state index is 0.267. The van der Waals surface area contributed by atoms with Crippen LogP contribution in [0.2, 0.25) is 5.02 Å². The number of hydrogen-bond donors (Lipinski definition) is 2. The summed E-state index contributed by atoms with van der Waals surface area (Å²) in [4.78, 5) is 40.1. The second-order valence-electron chi connectivity index (χ2n) is 6.25. The number of thiazole rings is 1. The lowest BCUT2D eigenvalue weighted by molar-refractivity contribution is 0.0526. The van der Waals surface area contributed by atoms with E-state index in [9.17, 15) is 14.4 Å². The normalized spacial score (nSPS) is 11.0. The van der Waals surface area contributed by atoms with Crippen LogP contribution in [0.4, 0.5) is 5.69 Å². The van der Waals surface area contributed by atoms with Crippen LogP contribution in [0.1, 0.15) is 27.0 Å². The molecule has 10 heteroatoms. The standard InChI is InChI=1S/C20H14ClN3O4S2/c1-2-28-19(27)10-3-6-12(7-4-10)22-18(26)15-16-23-17(25)13-9-11(21)5-8-14(13)24(16)20(29)30-15/h3-9H,2H2,1H3,(H,22,26)(H,23,25). The molecule has 2 heterocycles. The lowest BCUT2D eigenvalue weighted by Crippen LogP contribution is -2.15. The van der Waals surface area contributed by atoms with Gasteiger partial charge in [0.2, 0.25) is 0 Å². The molecule has 0 bridgehead atoms. The first-order chi connectivity index (χ1) is 14.4. The number of nitrogens with zero attached hydrogens (tertiary/aromatic N) is 1. The molecule has 0 fully saturated rings. The third kappa shape index (κ3) is 3.62. The van der Waals surface area contributed by atoms with Gasteiger partial charge in [-0.1, -0.05) is 22.9 Å². The molecule has 0 spiro atoms. The number of anilines is 1. The fourth-order valence-corrected chi connectivity index (χ4v) is 4.46. The summed E-state index contributed by atoms with van der Waals surface area (Å²) >= 11 is 12.5. The molecule has 2 N–H and O–H groups in total. The fraction of sp³-hybridized carbons (Fsp3) is 0.100. The van der Waals surface area contributed by atoms with Crippen LogP contribution < -0.4 is 10.9 Å². The number of aromatic amines is 1. The molecule has 4 rings (SSSR count). The number of carbonyl (C=O) groups excluding carboxylic acids is 2. The molecule has 2 aromatic carbocycles. The number of hydrogen-bond acceptors (Lipinski definition) is 6. The van der Waals surface area contributed by atoms with Crippen molar-refractivity contribution in [2.75, 3.05) is 11.9 Å². The number of carbonyl (C=O) groups is 2. The number of benzene rings is 2. The Morgan fingerprint density at radius 1 is 1.23 bits per heavy atom. The van der Waals surface area contributed by atoms with Crippen LogP contribution in [0, 0.1) is 3.95 Å². The van der Waals surface area contributed by atoms with E-state index in [1.807, 2.05) is 0 Å². The van der Waals surface area contributed by atoms with Gasteiger partial charge >= 0.3 is 5.97 Å². The van der Waals surface area contributed by atoms with E-state index in [0.717, 1.165) is 11.3 Å². The van der Waals surface area contributed by atoms with E-state index in [4.69, 9.17) is 28.6 Å². The van der Waals surface area contributed by atoms with E-state index < -0.39 is 11.9 Å². The van der Waals surface area contributed by atoms with Crippen molar-refractivity contribution in [3.05, 3.63) is 72.2 Å². The van der Waals surface area contributed by atoms with Gasteiger partial charge in [-0.25, -0.2) is 4.79 Å². The summed E-state index contributed by atoms with van der Waals surface area (Å²) in [6.45, 7) is 2.01. The zero-order chi connectivity index (χ0) is 21.4. The van der Waals surface area contributed by atoms with E-state index in [1.54, 1.807) is 53.8 Å². The molecular formula is C20H14ClN3O4S2. The second kappa shape index (κ2) is 8.02. The first kappa shape index (κ1) is 20.3. The fourth-order valence-electron chi connectivity index (χ4n) is 3.01. The maximum atomic E-state index is 12.9. The third-order valence-electron chi connectivity index (χ3n) is 4.35. The average Bonchev–Trinajstić information content (AvgIpc) is 3.05. The van der Waals surface area contributed by atoms with Gasteiger partial charge in [-0.15, -0.1) is 0 Å². The molecule has 0 saturated carbocycles. The first-order valence-corrected chi connectivity index (χ1v) is 10.4. The summed E-state index contributed by atoms with van der Waals surface area (Å²) in [5, 5.41) is 3.56. The summed E-state index contributed by atoms with van der Waals surface area (Å²) in [5.41, 5.74) is 1.38.